The SMILES string of the molecule is CC(c1ccc2c(c1)Nc1ccccc1S2)S(=O)(=O)N1CCCC1. The maximum atomic E-state index is 12.8. The van der Waals surface area contributed by atoms with Crippen LogP contribution in [0.4, 0.5) is 11.4 Å². The average molecular weight is 361 g/mol. The lowest BCUT2D eigenvalue weighted by Gasteiger charge is -2.24. The number of fused-ring (bicyclic) bond motifs is 2. The molecule has 1 atom stereocenters. The molecule has 0 amide bonds. The van der Waals surface area contributed by atoms with Crippen molar-refractivity contribution in [3.63, 3.8) is 0 Å². The van der Waals surface area contributed by atoms with Gasteiger partial charge in [-0.1, -0.05) is 30.0 Å². The lowest BCUT2D eigenvalue weighted by atomic mass is 10.1. The molecule has 2 aliphatic heterocycles. The number of benzene rings is 2. The van der Waals surface area contributed by atoms with Crippen LogP contribution >= 0.6 is 11.8 Å². The number of rotatable bonds is 3. The zero-order valence-electron chi connectivity index (χ0n) is 13.5. The van der Waals surface area contributed by atoms with E-state index in [1.807, 2.05) is 36.4 Å². The third-order valence-electron chi connectivity index (χ3n) is 4.72. The van der Waals surface area contributed by atoms with E-state index in [1.165, 1.54) is 4.90 Å². The maximum Gasteiger partial charge on any atom is 0.220 e. The molecule has 0 bridgehead atoms. The van der Waals surface area contributed by atoms with Gasteiger partial charge in [-0.3, -0.25) is 0 Å². The average Bonchev–Trinajstić information content (AvgIpc) is 3.14. The number of nitrogens with one attached hydrogen (secondary N) is 1. The molecule has 126 valence electrons. The van der Waals surface area contributed by atoms with E-state index in [1.54, 1.807) is 23.0 Å². The number of anilines is 2. The van der Waals surface area contributed by atoms with E-state index in [4.69, 9.17) is 0 Å². The summed E-state index contributed by atoms with van der Waals surface area (Å²) < 4.78 is 27.2. The minimum Gasteiger partial charge on any atom is -0.354 e. The van der Waals surface area contributed by atoms with Crippen LogP contribution in [-0.2, 0) is 10.0 Å². The van der Waals surface area contributed by atoms with Crippen molar-refractivity contribution >= 4 is 33.2 Å². The van der Waals surface area contributed by atoms with Crippen molar-refractivity contribution in [2.75, 3.05) is 18.4 Å². The van der Waals surface area contributed by atoms with Crippen LogP contribution in [0, 0.1) is 0 Å². The Balaban J connectivity index is 1.64. The molecule has 6 heteroatoms. The second-order valence-corrected chi connectivity index (χ2v) is 9.61. The molecule has 1 fully saturated rings. The molecule has 24 heavy (non-hydrogen) atoms. The van der Waals surface area contributed by atoms with Crippen molar-refractivity contribution in [2.45, 2.75) is 34.8 Å². The fourth-order valence-electron chi connectivity index (χ4n) is 3.25. The van der Waals surface area contributed by atoms with Crippen LogP contribution in [0.2, 0.25) is 0 Å². The Labute approximate surface area is 147 Å². The first kappa shape index (κ1) is 16.0. The minimum absolute atomic E-state index is 0.523. The molecule has 2 heterocycles. The van der Waals surface area contributed by atoms with Gasteiger partial charge in [0.05, 0.1) is 16.6 Å². The molecule has 0 aliphatic carbocycles. The summed E-state index contributed by atoms with van der Waals surface area (Å²) in [5.41, 5.74) is 2.90. The second kappa shape index (κ2) is 6.10. The van der Waals surface area contributed by atoms with Crippen LogP contribution in [0.15, 0.2) is 52.3 Å². The Bertz CT molecular complexity index is 874. The number of nitrogens with zero attached hydrogens (tertiary/aromatic N) is 1. The van der Waals surface area contributed by atoms with Crippen molar-refractivity contribution in [1.82, 2.24) is 4.31 Å². The van der Waals surface area contributed by atoms with Crippen LogP contribution in [0.1, 0.15) is 30.6 Å². The van der Waals surface area contributed by atoms with Gasteiger partial charge in [-0.25, -0.2) is 12.7 Å². The van der Waals surface area contributed by atoms with Crippen molar-refractivity contribution < 1.29 is 8.42 Å². The van der Waals surface area contributed by atoms with E-state index in [-0.39, 0.29) is 0 Å². The molecular weight excluding hydrogens is 340 g/mol. The molecule has 0 saturated carbocycles. The first-order valence-electron chi connectivity index (χ1n) is 8.22. The Morgan fingerprint density at radius 2 is 1.75 bits per heavy atom. The molecule has 1 N–H and O–H groups in total. The third-order valence-corrected chi connectivity index (χ3v) is 8.12. The fourth-order valence-corrected chi connectivity index (χ4v) is 5.92. The summed E-state index contributed by atoms with van der Waals surface area (Å²) >= 11 is 1.71. The summed E-state index contributed by atoms with van der Waals surface area (Å²) in [7, 11) is -3.28. The highest BCUT2D eigenvalue weighted by atomic mass is 32.2. The molecule has 4 rings (SSSR count). The highest BCUT2D eigenvalue weighted by Crippen LogP contribution is 2.45. The normalized spacial score (nSPS) is 18.5. The van der Waals surface area contributed by atoms with Crippen LogP contribution < -0.4 is 5.32 Å². The van der Waals surface area contributed by atoms with Gasteiger partial charge < -0.3 is 5.32 Å². The quantitative estimate of drug-likeness (QED) is 0.753. The van der Waals surface area contributed by atoms with E-state index in [2.05, 4.69) is 11.4 Å². The first-order valence-corrected chi connectivity index (χ1v) is 10.5. The summed E-state index contributed by atoms with van der Waals surface area (Å²) in [4.78, 5) is 2.32. The minimum atomic E-state index is -3.28. The van der Waals surface area contributed by atoms with Crippen molar-refractivity contribution in [2.24, 2.45) is 0 Å². The molecule has 0 radical (unpaired) electrons. The monoisotopic (exact) mass is 360 g/mol. The number of hydrogen-bond donors (Lipinski definition) is 1. The smallest absolute Gasteiger partial charge is 0.220 e. The Morgan fingerprint density at radius 3 is 2.54 bits per heavy atom. The topological polar surface area (TPSA) is 49.4 Å². The molecule has 2 aliphatic rings. The number of para-hydroxylation sites is 1. The summed E-state index contributed by atoms with van der Waals surface area (Å²) in [6, 6.07) is 14.1. The van der Waals surface area contributed by atoms with E-state index in [0.29, 0.717) is 13.1 Å². The third kappa shape index (κ3) is 2.72. The number of hydrogen-bond acceptors (Lipinski definition) is 4. The fraction of sp³-hybridized carbons (Fsp3) is 0.333. The van der Waals surface area contributed by atoms with Crippen LogP contribution in [0.5, 0.6) is 0 Å². The van der Waals surface area contributed by atoms with E-state index in [9.17, 15) is 8.42 Å². The zero-order chi connectivity index (χ0) is 16.7. The van der Waals surface area contributed by atoms with Gasteiger partial charge in [0.25, 0.3) is 0 Å². The van der Waals surface area contributed by atoms with Crippen molar-refractivity contribution in [3.05, 3.63) is 48.0 Å². The Kier molecular flexibility index (Phi) is 4.06. The van der Waals surface area contributed by atoms with Gasteiger partial charge >= 0.3 is 0 Å². The predicted octanol–water partition coefficient (Wildman–Crippen LogP) is 4.38. The lowest BCUT2D eigenvalue weighted by molar-refractivity contribution is 0.468. The Hall–Kier alpha value is -1.50. The molecular formula is C18H20N2O2S2. The van der Waals surface area contributed by atoms with Crippen molar-refractivity contribution in [3.8, 4) is 0 Å². The predicted molar refractivity (Wildman–Crippen MR) is 98.4 cm³/mol. The van der Waals surface area contributed by atoms with Gasteiger partial charge in [-0.15, -0.1) is 0 Å². The van der Waals surface area contributed by atoms with E-state index in [0.717, 1.165) is 34.7 Å². The molecule has 1 unspecified atom stereocenters. The summed E-state index contributed by atoms with van der Waals surface area (Å²) in [6.45, 7) is 3.09. The maximum absolute atomic E-state index is 12.8. The summed E-state index contributed by atoms with van der Waals surface area (Å²) in [6.07, 6.45) is 1.93. The molecule has 2 aromatic rings. The van der Waals surface area contributed by atoms with Crippen LogP contribution in [0.3, 0.4) is 0 Å². The van der Waals surface area contributed by atoms with Gasteiger partial charge in [-0.2, -0.15) is 0 Å². The molecule has 0 spiro atoms. The first-order chi connectivity index (χ1) is 11.6. The molecule has 0 aromatic heterocycles. The van der Waals surface area contributed by atoms with Crippen LogP contribution in [-0.4, -0.2) is 25.8 Å². The highest BCUT2D eigenvalue weighted by molar-refractivity contribution is 7.99. The molecule has 2 aromatic carbocycles. The summed E-state index contributed by atoms with van der Waals surface area (Å²) in [5, 5.41) is 2.90. The standard InChI is InChI=1S/C18H20N2O2S2/c1-13(24(21,22)20-10-4-5-11-20)14-8-9-18-16(12-14)19-15-6-2-3-7-17(15)23-18/h2-3,6-9,12-13,19H,4-5,10-11H2,1H3. The van der Waals surface area contributed by atoms with E-state index < -0.39 is 15.3 Å². The highest BCUT2D eigenvalue weighted by Gasteiger charge is 2.32. The van der Waals surface area contributed by atoms with Crippen molar-refractivity contribution in [1.29, 1.82) is 0 Å². The zero-order valence-corrected chi connectivity index (χ0v) is 15.2. The van der Waals surface area contributed by atoms with Gasteiger partial charge in [0.1, 0.15) is 0 Å². The molecule has 1 saturated heterocycles. The van der Waals surface area contributed by atoms with Crippen LogP contribution in [0.25, 0.3) is 0 Å². The van der Waals surface area contributed by atoms with Gasteiger partial charge in [0.2, 0.25) is 10.0 Å². The Morgan fingerprint density at radius 1 is 1.04 bits per heavy atom. The van der Waals surface area contributed by atoms with Gasteiger partial charge in [0.15, 0.2) is 0 Å². The molecule has 4 nitrogen and oxygen atoms in total. The van der Waals surface area contributed by atoms with Gasteiger partial charge in [0, 0.05) is 22.9 Å². The number of sulfonamides is 1. The largest absolute Gasteiger partial charge is 0.354 e. The summed E-state index contributed by atoms with van der Waals surface area (Å²) in [5.74, 6) is 0. The second-order valence-electron chi connectivity index (χ2n) is 6.27. The van der Waals surface area contributed by atoms with Gasteiger partial charge in [-0.05, 0) is 49.6 Å². The van der Waals surface area contributed by atoms with E-state index >= 15 is 0 Å². The lowest BCUT2D eigenvalue weighted by Crippen LogP contribution is -2.31.